The molecule has 1 aliphatic heterocycles. The second kappa shape index (κ2) is 11.6. The summed E-state index contributed by atoms with van der Waals surface area (Å²) in [6.45, 7) is 25.2. The van der Waals surface area contributed by atoms with Gasteiger partial charge in [-0.25, -0.2) is 0 Å². The first kappa shape index (κ1) is 26.2. The molecule has 2 aliphatic rings. The molecule has 166 valence electrons. The number of likely N-dealkylation sites (N-methyl/N-ethyl adjacent to an activating group) is 1. The summed E-state index contributed by atoms with van der Waals surface area (Å²) in [4.78, 5) is 2.24. The van der Waals surface area contributed by atoms with Crippen molar-refractivity contribution in [2.24, 2.45) is 5.41 Å². The minimum atomic E-state index is -0.0315. The molecule has 1 heteroatoms. The molecule has 0 unspecified atom stereocenters. The lowest BCUT2D eigenvalue weighted by Gasteiger charge is -2.25. The lowest BCUT2D eigenvalue weighted by atomic mass is 9.80. The summed E-state index contributed by atoms with van der Waals surface area (Å²) in [6, 6.07) is 8.47. The maximum Gasteiger partial charge on any atom is 0.0482 e. The van der Waals surface area contributed by atoms with Crippen molar-refractivity contribution in [2.45, 2.75) is 55.4 Å². The molecule has 1 nitrogen and oxygen atoms in total. The fourth-order valence-corrected chi connectivity index (χ4v) is 4.17. The van der Waals surface area contributed by atoms with Gasteiger partial charge in [0.2, 0.25) is 0 Å². The minimum absolute atomic E-state index is 0.0315. The van der Waals surface area contributed by atoms with Crippen molar-refractivity contribution in [1.82, 2.24) is 0 Å². The van der Waals surface area contributed by atoms with E-state index < -0.39 is 0 Å². The number of fused-ring (bicyclic) bond motifs is 1. The molecule has 0 N–H and O–H groups in total. The van der Waals surface area contributed by atoms with Crippen molar-refractivity contribution in [3.8, 4) is 0 Å². The van der Waals surface area contributed by atoms with E-state index in [1.165, 1.54) is 39.1 Å². The van der Waals surface area contributed by atoms with E-state index in [2.05, 4.69) is 101 Å². The van der Waals surface area contributed by atoms with Crippen LogP contribution in [-0.4, -0.2) is 7.05 Å². The molecule has 0 saturated heterocycles. The second-order valence-electron chi connectivity index (χ2n) is 7.61. The van der Waals surface area contributed by atoms with Crippen molar-refractivity contribution in [3.05, 3.63) is 107 Å². The number of rotatable bonds is 4. The van der Waals surface area contributed by atoms with Crippen LogP contribution in [0.1, 0.15) is 61.0 Å². The van der Waals surface area contributed by atoms with Crippen molar-refractivity contribution in [3.63, 3.8) is 0 Å². The van der Waals surface area contributed by atoms with Gasteiger partial charge >= 0.3 is 0 Å². The lowest BCUT2D eigenvalue weighted by molar-refractivity contribution is 0.561. The topological polar surface area (TPSA) is 3.24 Å². The predicted molar refractivity (Wildman–Crippen MR) is 142 cm³/mol. The first-order valence-corrected chi connectivity index (χ1v) is 11.5. The molecule has 31 heavy (non-hydrogen) atoms. The average molecular weight is 416 g/mol. The summed E-state index contributed by atoms with van der Waals surface area (Å²) in [5.74, 6) is 0. The lowest BCUT2D eigenvalue weighted by Crippen LogP contribution is -2.17. The molecule has 0 atom stereocenters. The van der Waals surface area contributed by atoms with E-state index in [0.717, 1.165) is 5.70 Å². The summed E-state index contributed by atoms with van der Waals surface area (Å²) < 4.78 is 0. The van der Waals surface area contributed by atoms with Crippen LogP contribution in [0.25, 0.3) is 6.08 Å². The van der Waals surface area contributed by atoms with E-state index in [4.69, 9.17) is 0 Å². The Morgan fingerprint density at radius 3 is 2.10 bits per heavy atom. The minimum Gasteiger partial charge on any atom is -0.344 e. The molecule has 0 saturated carbocycles. The van der Waals surface area contributed by atoms with Crippen LogP contribution >= 0.6 is 0 Å². The summed E-state index contributed by atoms with van der Waals surface area (Å²) in [6.07, 6.45) is 12.7. The number of anilines is 1. The Hall–Kier alpha value is -2.80. The fourth-order valence-electron chi connectivity index (χ4n) is 4.17. The third-order valence-corrected chi connectivity index (χ3v) is 5.91. The van der Waals surface area contributed by atoms with Gasteiger partial charge in [0.1, 0.15) is 0 Å². The second-order valence-corrected chi connectivity index (χ2v) is 7.61. The van der Waals surface area contributed by atoms with E-state index >= 15 is 0 Å². The van der Waals surface area contributed by atoms with Gasteiger partial charge in [-0.3, -0.25) is 0 Å². The smallest absolute Gasteiger partial charge is 0.0482 e. The molecule has 1 aromatic carbocycles. The highest BCUT2D eigenvalue weighted by atomic mass is 15.1. The molecule has 0 spiro atoms. The molecule has 0 aromatic heterocycles. The van der Waals surface area contributed by atoms with Crippen LogP contribution in [0.2, 0.25) is 0 Å². The zero-order valence-corrected chi connectivity index (χ0v) is 21.1. The maximum atomic E-state index is 4.14. The average Bonchev–Trinajstić information content (AvgIpc) is 2.90. The van der Waals surface area contributed by atoms with Crippen molar-refractivity contribution < 1.29 is 0 Å². The maximum absolute atomic E-state index is 4.14. The summed E-state index contributed by atoms with van der Waals surface area (Å²) in [7, 11) is 2.11. The number of hydrogen-bond acceptors (Lipinski definition) is 1. The zero-order valence-electron chi connectivity index (χ0n) is 21.1. The number of para-hydroxylation sites is 1. The molecule has 3 rings (SSSR count). The molecule has 1 heterocycles. The molecular formula is C30H41N. The van der Waals surface area contributed by atoms with Crippen LogP contribution in [0.4, 0.5) is 5.69 Å². The highest BCUT2D eigenvalue weighted by molar-refractivity contribution is 5.80. The monoisotopic (exact) mass is 415 g/mol. The van der Waals surface area contributed by atoms with Gasteiger partial charge < -0.3 is 4.90 Å². The molecule has 1 aromatic rings. The molecule has 0 fully saturated rings. The normalized spacial score (nSPS) is 17.0. The van der Waals surface area contributed by atoms with Crippen LogP contribution in [-0.2, 0) is 0 Å². The highest BCUT2D eigenvalue weighted by Gasteiger charge is 2.37. The number of allylic oxidation sites excluding steroid dienone is 10. The molecular weight excluding hydrogens is 374 g/mol. The molecule has 0 radical (unpaired) electrons. The van der Waals surface area contributed by atoms with Crippen LogP contribution in [0.5, 0.6) is 0 Å². The van der Waals surface area contributed by atoms with Crippen molar-refractivity contribution >= 4 is 11.8 Å². The molecule has 1 aliphatic carbocycles. The Morgan fingerprint density at radius 2 is 1.55 bits per heavy atom. The molecule has 0 bridgehead atoms. The molecule has 0 amide bonds. The Kier molecular flexibility index (Phi) is 9.78. The largest absolute Gasteiger partial charge is 0.344 e. The van der Waals surface area contributed by atoms with Crippen LogP contribution in [0.3, 0.4) is 0 Å². The number of benzene rings is 1. The standard InChI is InChI=1S/C26H29N.2C2H6/c1-8-13-22-20(9-2)25(18(4)26(22,5)6)21-17-16-19-14-11-12-15-24(19)27(7)23(21)10-3;2*1-2/h8-17H,2-3H2,1,4-7H3;2*1-2H3/b13-8-;;. The van der Waals surface area contributed by atoms with Crippen LogP contribution in [0, 0.1) is 5.41 Å². The van der Waals surface area contributed by atoms with E-state index in [9.17, 15) is 0 Å². The third kappa shape index (κ3) is 4.77. The Labute approximate surface area is 191 Å². The number of hydrogen-bond donors (Lipinski definition) is 0. The van der Waals surface area contributed by atoms with Crippen molar-refractivity contribution in [1.29, 1.82) is 0 Å². The summed E-state index contributed by atoms with van der Waals surface area (Å²) in [5.41, 5.74) is 9.85. The van der Waals surface area contributed by atoms with Gasteiger partial charge in [-0.2, -0.15) is 0 Å². The zero-order chi connectivity index (χ0) is 23.8. The van der Waals surface area contributed by atoms with Gasteiger partial charge in [0.15, 0.2) is 0 Å². The van der Waals surface area contributed by atoms with Gasteiger partial charge in [-0.1, -0.05) is 109 Å². The van der Waals surface area contributed by atoms with E-state index in [0.29, 0.717) is 0 Å². The Morgan fingerprint density at radius 1 is 0.935 bits per heavy atom. The van der Waals surface area contributed by atoms with Gasteiger partial charge in [0.25, 0.3) is 0 Å². The summed E-state index contributed by atoms with van der Waals surface area (Å²) >= 11 is 0. The Balaban J connectivity index is 0.00000113. The SMILES string of the molecule is C=CC1=C(/C=C\C)C(C)(C)C(C)=C1C1=C(C=C)N(C)c2ccccc2C=C1.CC.CC. The Bertz CT molecular complexity index is 958. The van der Waals surface area contributed by atoms with Crippen LogP contribution < -0.4 is 4.90 Å². The van der Waals surface area contributed by atoms with E-state index in [1.54, 1.807) is 0 Å². The summed E-state index contributed by atoms with van der Waals surface area (Å²) in [5, 5.41) is 0. The van der Waals surface area contributed by atoms with Gasteiger partial charge in [-0.05, 0) is 48.3 Å². The van der Waals surface area contributed by atoms with Gasteiger partial charge in [0.05, 0.1) is 0 Å². The quantitative estimate of drug-likeness (QED) is 0.474. The first-order valence-electron chi connectivity index (χ1n) is 11.5. The predicted octanol–water partition coefficient (Wildman–Crippen LogP) is 9.06. The third-order valence-electron chi connectivity index (χ3n) is 5.91. The van der Waals surface area contributed by atoms with E-state index in [-0.39, 0.29) is 5.41 Å². The van der Waals surface area contributed by atoms with Crippen LogP contribution in [0.15, 0.2) is 101 Å². The fraction of sp³-hybridized carbons (Fsp3) is 0.333. The van der Waals surface area contributed by atoms with Gasteiger partial charge in [-0.15, -0.1) is 0 Å². The van der Waals surface area contributed by atoms with Gasteiger partial charge in [0, 0.05) is 29.4 Å². The van der Waals surface area contributed by atoms with E-state index in [1.807, 2.05) is 39.8 Å². The first-order chi connectivity index (χ1) is 14.9. The number of nitrogens with zero attached hydrogens (tertiary/aromatic N) is 1. The highest BCUT2D eigenvalue weighted by Crippen LogP contribution is 2.51. The van der Waals surface area contributed by atoms with Crippen molar-refractivity contribution in [2.75, 3.05) is 11.9 Å².